The number of ether oxygens (including phenoxy) is 1. The molecule has 0 spiro atoms. The summed E-state index contributed by atoms with van der Waals surface area (Å²) < 4.78 is 6.42. The molecular formula is C30H47NO4S. The number of nitrogens with zero attached hydrogens (tertiary/aromatic N) is 1. The lowest BCUT2D eigenvalue weighted by molar-refractivity contribution is -0.205. The Labute approximate surface area is 222 Å². The summed E-state index contributed by atoms with van der Waals surface area (Å²) in [6.45, 7) is 12.8. The zero-order chi connectivity index (χ0) is 26.0. The quantitative estimate of drug-likeness (QED) is 0.397. The van der Waals surface area contributed by atoms with Crippen molar-refractivity contribution in [1.29, 1.82) is 0 Å². The fourth-order valence-electron chi connectivity index (χ4n) is 9.38. The Hall–Kier alpha value is -0.850. The van der Waals surface area contributed by atoms with Gasteiger partial charge >= 0.3 is 5.97 Å². The first-order valence-electron chi connectivity index (χ1n) is 14.3. The number of carbonyl (C=O) groups excluding carboxylic acids is 2. The van der Waals surface area contributed by atoms with Crippen LogP contribution < -0.4 is 0 Å². The fourth-order valence-corrected chi connectivity index (χ4v) is 10.5. The minimum Gasteiger partial charge on any atom is -0.461 e. The molecule has 6 heteroatoms. The minimum absolute atomic E-state index is 0.00390. The molecular weight excluding hydrogens is 470 g/mol. The van der Waals surface area contributed by atoms with Crippen molar-refractivity contribution >= 4 is 23.5 Å². The first kappa shape index (κ1) is 26.7. The van der Waals surface area contributed by atoms with E-state index < -0.39 is 23.0 Å². The number of carbonyl (C=O) groups is 2. The van der Waals surface area contributed by atoms with Crippen molar-refractivity contribution in [2.45, 2.75) is 115 Å². The van der Waals surface area contributed by atoms with Crippen LogP contribution >= 0.6 is 11.8 Å². The van der Waals surface area contributed by atoms with Gasteiger partial charge in [0, 0.05) is 40.5 Å². The van der Waals surface area contributed by atoms with Crippen LogP contribution in [0.1, 0.15) is 85.5 Å². The standard InChI is InChI=1S/C30H47NO4S/c1-7-28(4)16-24(35-25(33)17-36-22-14-20-8-9-21(15-22)31(20)6)29(5)18(2)10-12-30(19(3)27(28)34)13-11-23(32)26(29)30/h7,18-22,24,26-27,34H,1,8-17H2,2-6H3/t18?,19-,20-,21+,22?,24+,26-,27-,28+,29-,30-/m0/s1. The molecule has 5 aliphatic rings. The molecule has 2 heterocycles. The SMILES string of the molecule is C=C[C@]1(C)C[C@@H](OC(=O)CSC2C[C@H]3CC[C@@H](C2)N3C)[C@]2(C)C(C)CC[C@]3(CCC(=O)[C@H]32)[C@@H](C)[C@@H]1O. The van der Waals surface area contributed by atoms with Gasteiger partial charge < -0.3 is 14.7 Å². The summed E-state index contributed by atoms with van der Waals surface area (Å²) in [4.78, 5) is 29.4. The van der Waals surface area contributed by atoms with Crippen LogP contribution in [0.2, 0.25) is 0 Å². The van der Waals surface area contributed by atoms with E-state index in [1.807, 2.05) is 6.08 Å². The van der Waals surface area contributed by atoms with Gasteiger partial charge in [0.2, 0.25) is 0 Å². The maximum atomic E-state index is 13.5. The average molecular weight is 518 g/mol. The molecule has 1 N–H and O–H groups in total. The third-order valence-corrected chi connectivity index (χ3v) is 13.3. The number of Topliss-reactive ketones (excluding diaryl/α,β-unsaturated/α-hetero) is 1. The second-order valence-electron chi connectivity index (χ2n) is 13.5. The Morgan fingerprint density at radius 1 is 1.19 bits per heavy atom. The number of piperidine rings is 1. The number of aliphatic hydroxyl groups excluding tert-OH is 1. The fraction of sp³-hybridized carbons (Fsp3) is 0.867. The number of hydrogen-bond donors (Lipinski definition) is 1. The number of aliphatic hydroxyl groups is 1. The largest absolute Gasteiger partial charge is 0.461 e. The first-order chi connectivity index (χ1) is 17.0. The van der Waals surface area contributed by atoms with Gasteiger partial charge in [-0.15, -0.1) is 18.3 Å². The Morgan fingerprint density at radius 2 is 1.86 bits per heavy atom. The molecule has 11 atom stereocenters. The molecule has 5 fully saturated rings. The minimum atomic E-state index is -0.619. The third-order valence-electron chi connectivity index (χ3n) is 12.1. The second-order valence-corrected chi connectivity index (χ2v) is 14.8. The predicted octanol–water partition coefficient (Wildman–Crippen LogP) is 5.25. The van der Waals surface area contributed by atoms with E-state index in [0.29, 0.717) is 41.7 Å². The predicted molar refractivity (Wildman–Crippen MR) is 145 cm³/mol. The Kier molecular flexibility index (Phi) is 6.99. The smallest absolute Gasteiger partial charge is 0.316 e. The van der Waals surface area contributed by atoms with E-state index >= 15 is 0 Å². The highest BCUT2D eigenvalue weighted by atomic mass is 32.2. The van der Waals surface area contributed by atoms with Gasteiger partial charge in [-0.05, 0) is 75.7 Å². The molecule has 36 heavy (non-hydrogen) atoms. The molecule has 0 aromatic carbocycles. The van der Waals surface area contributed by atoms with Crippen molar-refractivity contribution < 1.29 is 19.4 Å². The van der Waals surface area contributed by atoms with E-state index in [4.69, 9.17) is 4.74 Å². The first-order valence-corrected chi connectivity index (χ1v) is 15.4. The highest BCUT2D eigenvalue weighted by molar-refractivity contribution is 8.00. The Bertz CT molecular complexity index is 895. The van der Waals surface area contributed by atoms with Crippen molar-refractivity contribution in [3.63, 3.8) is 0 Å². The zero-order valence-electron chi connectivity index (χ0n) is 23.0. The summed E-state index contributed by atoms with van der Waals surface area (Å²) in [5, 5.41) is 12.2. The molecule has 0 aromatic rings. The number of hydrogen-bond acceptors (Lipinski definition) is 6. The molecule has 0 radical (unpaired) electrons. The Morgan fingerprint density at radius 3 is 2.50 bits per heavy atom. The molecule has 3 aliphatic carbocycles. The van der Waals surface area contributed by atoms with E-state index in [1.54, 1.807) is 11.8 Å². The lowest BCUT2D eigenvalue weighted by atomic mass is 9.44. The van der Waals surface area contributed by atoms with E-state index in [2.05, 4.69) is 46.2 Å². The average Bonchev–Trinajstić information content (AvgIpc) is 3.28. The lowest BCUT2D eigenvalue weighted by Crippen LogP contribution is -2.63. The maximum Gasteiger partial charge on any atom is 0.316 e. The third kappa shape index (κ3) is 3.95. The lowest BCUT2D eigenvalue weighted by Gasteiger charge is -2.61. The topological polar surface area (TPSA) is 66.8 Å². The maximum absolute atomic E-state index is 13.5. The van der Waals surface area contributed by atoms with Crippen LogP contribution in [0.25, 0.3) is 0 Å². The summed E-state index contributed by atoms with van der Waals surface area (Å²) in [6.07, 6.45) is 9.58. The van der Waals surface area contributed by atoms with Gasteiger partial charge in [-0.25, -0.2) is 0 Å². The summed E-state index contributed by atoms with van der Waals surface area (Å²) in [5.74, 6) is 0.605. The normalized spacial score (nSPS) is 50.8. The van der Waals surface area contributed by atoms with Crippen LogP contribution in [0.15, 0.2) is 12.7 Å². The number of fused-ring (bicyclic) bond motifs is 2. The van der Waals surface area contributed by atoms with Gasteiger partial charge in [-0.1, -0.05) is 33.8 Å². The van der Waals surface area contributed by atoms with Crippen molar-refractivity contribution in [3.8, 4) is 0 Å². The number of rotatable bonds is 5. The molecule has 0 amide bonds. The molecule has 4 bridgehead atoms. The molecule has 3 saturated carbocycles. The molecule has 0 aromatic heterocycles. The molecule has 2 unspecified atom stereocenters. The van der Waals surface area contributed by atoms with E-state index in [9.17, 15) is 14.7 Å². The van der Waals surface area contributed by atoms with Crippen molar-refractivity contribution in [1.82, 2.24) is 4.90 Å². The summed E-state index contributed by atoms with van der Waals surface area (Å²) >= 11 is 1.76. The molecule has 5 rings (SSSR count). The molecule has 2 saturated heterocycles. The van der Waals surface area contributed by atoms with E-state index in [0.717, 1.165) is 32.1 Å². The van der Waals surface area contributed by atoms with Gasteiger partial charge in [0.1, 0.15) is 11.9 Å². The van der Waals surface area contributed by atoms with Gasteiger partial charge in [-0.2, -0.15) is 0 Å². The summed E-state index contributed by atoms with van der Waals surface area (Å²) in [5.41, 5.74) is -1.24. The van der Waals surface area contributed by atoms with Crippen LogP contribution in [0.4, 0.5) is 0 Å². The number of thioether (sulfide) groups is 1. The van der Waals surface area contributed by atoms with Crippen LogP contribution in [-0.2, 0) is 14.3 Å². The number of esters is 1. The van der Waals surface area contributed by atoms with Crippen LogP contribution in [-0.4, -0.2) is 64.1 Å². The van der Waals surface area contributed by atoms with Gasteiger partial charge in [0.05, 0.1) is 11.9 Å². The molecule has 2 aliphatic heterocycles. The van der Waals surface area contributed by atoms with Crippen molar-refractivity contribution in [3.05, 3.63) is 12.7 Å². The molecule has 5 nitrogen and oxygen atoms in total. The Balaban J connectivity index is 1.39. The van der Waals surface area contributed by atoms with Crippen molar-refractivity contribution in [2.75, 3.05) is 12.8 Å². The highest BCUT2D eigenvalue weighted by Gasteiger charge is 2.68. The number of ketones is 1. The zero-order valence-corrected chi connectivity index (χ0v) is 23.8. The summed E-state index contributed by atoms with van der Waals surface area (Å²) in [7, 11) is 2.24. The monoisotopic (exact) mass is 517 g/mol. The van der Waals surface area contributed by atoms with Crippen LogP contribution in [0, 0.1) is 34.0 Å². The molecule has 202 valence electrons. The van der Waals surface area contributed by atoms with Gasteiger partial charge in [0.15, 0.2) is 0 Å². The highest BCUT2D eigenvalue weighted by Crippen LogP contribution is 2.68. The summed E-state index contributed by atoms with van der Waals surface area (Å²) in [6, 6.07) is 1.31. The van der Waals surface area contributed by atoms with Gasteiger partial charge in [-0.3, -0.25) is 9.59 Å². The van der Waals surface area contributed by atoms with Crippen LogP contribution in [0.3, 0.4) is 0 Å². The second kappa shape index (κ2) is 9.41. The van der Waals surface area contributed by atoms with E-state index in [1.165, 1.54) is 12.8 Å². The van der Waals surface area contributed by atoms with Crippen molar-refractivity contribution in [2.24, 2.45) is 34.0 Å². The van der Waals surface area contributed by atoms with Gasteiger partial charge in [0.25, 0.3) is 0 Å². The van der Waals surface area contributed by atoms with E-state index in [-0.39, 0.29) is 29.1 Å². The van der Waals surface area contributed by atoms with Crippen LogP contribution in [0.5, 0.6) is 0 Å².